The van der Waals surface area contributed by atoms with Gasteiger partial charge in [-0.05, 0) is 12.8 Å². The first-order valence-electron chi connectivity index (χ1n) is 4.51. The van der Waals surface area contributed by atoms with Crippen molar-refractivity contribution in [3.8, 4) is 0 Å². The monoisotopic (exact) mass is 205 g/mol. The molecule has 0 aliphatic rings. The van der Waals surface area contributed by atoms with E-state index in [2.05, 4.69) is 0 Å². The Morgan fingerprint density at radius 2 is 1.62 bits per heavy atom. The summed E-state index contributed by atoms with van der Waals surface area (Å²) < 4.78 is 15.4. The van der Waals surface area contributed by atoms with Gasteiger partial charge in [-0.1, -0.05) is 13.8 Å². The smallest absolute Gasteiger partial charge is 0.471 e. The van der Waals surface area contributed by atoms with Crippen molar-refractivity contribution in [3.63, 3.8) is 0 Å². The minimum atomic E-state index is -1.82. The van der Waals surface area contributed by atoms with Gasteiger partial charge in [0, 0.05) is 20.1 Å². The highest BCUT2D eigenvalue weighted by molar-refractivity contribution is 6.39. The van der Waals surface area contributed by atoms with E-state index in [9.17, 15) is 4.79 Å². The van der Waals surface area contributed by atoms with Gasteiger partial charge in [-0.3, -0.25) is 4.79 Å². The van der Waals surface area contributed by atoms with Crippen LogP contribution < -0.4 is 0 Å². The zero-order chi connectivity index (χ0) is 10.1. The number of carbonyl (C=O) groups is 1. The maximum Gasteiger partial charge on any atom is 0.658 e. The van der Waals surface area contributed by atoms with Crippen molar-refractivity contribution < 1.29 is 18.1 Å². The minimum absolute atomic E-state index is 0.346. The van der Waals surface area contributed by atoms with Crippen LogP contribution in [0.4, 0.5) is 0 Å². The molecule has 0 bridgehead atoms. The van der Waals surface area contributed by atoms with E-state index in [1.165, 1.54) is 6.92 Å². The summed E-state index contributed by atoms with van der Waals surface area (Å²) in [5.41, 5.74) is 0. The van der Waals surface area contributed by atoms with E-state index >= 15 is 0 Å². The molecule has 0 aliphatic heterocycles. The lowest BCUT2D eigenvalue weighted by atomic mass is 10.5. The fourth-order valence-electron chi connectivity index (χ4n) is 0.589. The minimum Gasteiger partial charge on any atom is -0.471 e. The SMILES string of the molecule is CCCO[Si](OCCC)OC(C)=O. The highest BCUT2D eigenvalue weighted by Gasteiger charge is 2.22. The van der Waals surface area contributed by atoms with Crippen molar-refractivity contribution in [1.29, 1.82) is 0 Å². The fourth-order valence-corrected chi connectivity index (χ4v) is 1.77. The number of rotatable bonds is 7. The van der Waals surface area contributed by atoms with Gasteiger partial charge < -0.3 is 13.3 Å². The van der Waals surface area contributed by atoms with Crippen molar-refractivity contribution in [2.75, 3.05) is 13.2 Å². The molecule has 0 saturated heterocycles. The van der Waals surface area contributed by atoms with Gasteiger partial charge in [-0.2, -0.15) is 0 Å². The molecule has 0 aromatic carbocycles. The highest BCUT2D eigenvalue weighted by atomic mass is 28.3. The van der Waals surface area contributed by atoms with Crippen LogP contribution >= 0.6 is 0 Å². The Morgan fingerprint density at radius 3 is 1.92 bits per heavy atom. The van der Waals surface area contributed by atoms with Crippen LogP contribution in [-0.2, 0) is 18.1 Å². The molecule has 0 unspecified atom stereocenters. The van der Waals surface area contributed by atoms with E-state index in [1.807, 2.05) is 13.8 Å². The van der Waals surface area contributed by atoms with Crippen molar-refractivity contribution in [3.05, 3.63) is 0 Å². The second-order valence-electron chi connectivity index (χ2n) is 2.54. The average Bonchev–Trinajstić information content (AvgIpc) is 2.09. The summed E-state index contributed by atoms with van der Waals surface area (Å²) in [5, 5.41) is 0. The Kier molecular flexibility index (Phi) is 7.97. The lowest BCUT2D eigenvalue weighted by molar-refractivity contribution is -0.135. The van der Waals surface area contributed by atoms with Gasteiger partial charge >= 0.3 is 9.53 Å². The third kappa shape index (κ3) is 7.95. The van der Waals surface area contributed by atoms with Crippen LogP contribution in [-0.4, -0.2) is 28.7 Å². The highest BCUT2D eigenvalue weighted by Crippen LogP contribution is 1.95. The molecule has 0 amide bonds. The largest absolute Gasteiger partial charge is 0.658 e. The molecule has 1 radical (unpaired) electrons. The summed E-state index contributed by atoms with van der Waals surface area (Å²) in [6, 6.07) is 0. The molecule has 5 heteroatoms. The molecule has 0 aromatic heterocycles. The Hall–Kier alpha value is -0.393. The van der Waals surface area contributed by atoms with Gasteiger partial charge in [-0.15, -0.1) is 0 Å². The molecule has 77 valence electrons. The van der Waals surface area contributed by atoms with E-state index in [-0.39, 0.29) is 5.97 Å². The summed E-state index contributed by atoms with van der Waals surface area (Å²) in [6.07, 6.45) is 1.79. The predicted molar refractivity (Wildman–Crippen MR) is 50.0 cm³/mol. The van der Waals surface area contributed by atoms with Crippen LogP contribution in [0.5, 0.6) is 0 Å². The molecule has 0 N–H and O–H groups in total. The average molecular weight is 205 g/mol. The van der Waals surface area contributed by atoms with Crippen molar-refractivity contribution >= 4 is 15.5 Å². The van der Waals surface area contributed by atoms with E-state index in [0.717, 1.165) is 12.8 Å². The summed E-state index contributed by atoms with van der Waals surface area (Å²) in [7, 11) is -1.82. The maximum atomic E-state index is 10.6. The Morgan fingerprint density at radius 1 is 1.15 bits per heavy atom. The Bertz CT molecular complexity index is 132. The van der Waals surface area contributed by atoms with Crippen LogP contribution in [0.15, 0.2) is 0 Å². The van der Waals surface area contributed by atoms with E-state index < -0.39 is 9.53 Å². The zero-order valence-electron chi connectivity index (χ0n) is 8.46. The molecule has 4 nitrogen and oxygen atoms in total. The number of carbonyl (C=O) groups excluding carboxylic acids is 1. The zero-order valence-corrected chi connectivity index (χ0v) is 9.46. The van der Waals surface area contributed by atoms with Gasteiger partial charge in [0.2, 0.25) is 0 Å². The Labute approximate surface area is 81.1 Å². The molecule has 0 spiro atoms. The third-order valence-corrected chi connectivity index (χ3v) is 2.41. The molecule has 0 aromatic rings. The molecule has 0 rings (SSSR count). The Balaban J connectivity index is 3.66. The topological polar surface area (TPSA) is 44.8 Å². The van der Waals surface area contributed by atoms with Crippen molar-refractivity contribution in [2.24, 2.45) is 0 Å². The van der Waals surface area contributed by atoms with Gasteiger partial charge in [0.15, 0.2) is 0 Å². The third-order valence-electron chi connectivity index (χ3n) is 1.08. The fraction of sp³-hybridized carbons (Fsp3) is 0.875. The molecule has 0 aliphatic carbocycles. The van der Waals surface area contributed by atoms with E-state index in [0.29, 0.717) is 13.2 Å². The summed E-state index contributed by atoms with van der Waals surface area (Å²) in [5.74, 6) is -0.346. The molecule has 0 fully saturated rings. The first kappa shape index (κ1) is 12.6. The van der Waals surface area contributed by atoms with E-state index in [1.54, 1.807) is 0 Å². The van der Waals surface area contributed by atoms with Crippen LogP contribution in [0.2, 0.25) is 0 Å². The molecular weight excluding hydrogens is 188 g/mol. The second kappa shape index (κ2) is 8.22. The van der Waals surface area contributed by atoms with Crippen LogP contribution in [0.3, 0.4) is 0 Å². The summed E-state index contributed by atoms with van der Waals surface area (Å²) in [4.78, 5) is 10.6. The molecular formula is C8H17O4Si. The van der Waals surface area contributed by atoms with Gasteiger partial charge in [-0.25, -0.2) is 0 Å². The molecule has 0 heterocycles. The predicted octanol–water partition coefficient (Wildman–Crippen LogP) is 1.39. The van der Waals surface area contributed by atoms with Gasteiger partial charge in [0.1, 0.15) is 0 Å². The van der Waals surface area contributed by atoms with Crippen LogP contribution in [0.1, 0.15) is 33.6 Å². The summed E-state index contributed by atoms with van der Waals surface area (Å²) >= 11 is 0. The first-order chi connectivity index (χ1) is 6.20. The number of hydrogen-bond donors (Lipinski definition) is 0. The van der Waals surface area contributed by atoms with Crippen molar-refractivity contribution in [2.45, 2.75) is 33.6 Å². The van der Waals surface area contributed by atoms with Gasteiger partial charge in [0.05, 0.1) is 0 Å². The van der Waals surface area contributed by atoms with E-state index in [4.69, 9.17) is 13.3 Å². The van der Waals surface area contributed by atoms with Crippen LogP contribution in [0.25, 0.3) is 0 Å². The molecule has 0 atom stereocenters. The maximum absolute atomic E-state index is 10.6. The van der Waals surface area contributed by atoms with Gasteiger partial charge in [0.25, 0.3) is 5.97 Å². The standard InChI is InChI=1S/C8H17O4Si/c1-4-6-10-13(11-7-5-2)12-8(3)9/h4-7H2,1-3H3. The van der Waals surface area contributed by atoms with Crippen LogP contribution in [0, 0.1) is 0 Å². The quantitative estimate of drug-likeness (QED) is 0.589. The van der Waals surface area contributed by atoms with Crippen molar-refractivity contribution in [1.82, 2.24) is 0 Å². The molecule has 0 saturated carbocycles. The lowest BCUT2D eigenvalue weighted by Gasteiger charge is -2.11. The summed E-state index contributed by atoms with van der Waals surface area (Å²) in [6.45, 7) is 6.49. The first-order valence-corrected chi connectivity index (χ1v) is 5.74. The lowest BCUT2D eigenvalue weighted by Crippen LogP contribution is -2.29. The second-order valence-corrected chi connectivity index (χ2v) is 3.82. The normalized spacial score (nSPS) is 10.5. The number of hydrogen-bond acceptors (Lipinski definition) is 4. The molecule has 13 heavy (non-hydrogen) atoms.